The monoisotopic (exact) mass is 276 g/mol. The number of hydrogen-bond donors (Lipinski definition) is 1. The van der Waals surface area contributed by atoms with Crippen molar-refractivity contribution in [2.45, 2.75) is 39.7 Å². The maximum Gasteiger partial charge on any atom is 0.340 e. The molecule has 2 unspecified atom stereocenters. The lowest BCUT2D eigenvalue weighted by Gasteiger charge is -2.40. The molecule has 4 heteroatoms. The van der Waals surface area contributed by atoms with E-state index in [0.717, 1.165) is 18.7 Å². The molecule has 2 N–H and O–H groups in total. The number of nitrogens with zero attached hydrogens (tertiary/aromatic N) is 1. The first-order valence-electron chi connectivity index (χ1n) is 7.38. The van der Waals surface area contributed by atoms with E-state index in [2.05, 4.69) is 18.7 Å². The number of nitrogen functional groups attached to an aromatic ring is 1. The van der Waals surface area contributed by atoms with Crippen LogP contribution >= 0.6 is 0 Å². The van der Waals surface area contributed by atoms with Crippen molar-refractivity contribution < 1.29 is 9.53 Å². The molecule has 0 aromatic heterocycles. The zero-order chi connectivity index (χ0) is 14.7. The van der Waals surface area contributed by atoms with Crippen molar-refractivity contribution in [3.63, 3.8) is 0 Å². The van der Waals surface area contributed by atoms with Gasteiger partial charge < -0.3 is 15.4 Å². The van der Waals surface area contributed by atoms with Gasteiger partial charge in [0.2, 0.25) is 0 Å². The van der Waals surface area contributed by atoms with Crippen LogP contribution in [0.3, 0.4) is 0 Å². The molecule has 1 heterocycles. The van der Waals surface area contributed by atoms with Crippen LogP contribution in [0.5, 0.6) is 0 Å². The van der Waals surface area contributed by atoms with Gasteiger partial charge in [-0.2, -0.15) is 0 Å². The lowest BCUT2D eigenvalue weighted by atomic mass is 9.91. The molecule has 1 aliphatic rings. The third-order valence-electron chi connectivity index (χ3n) is 4.26. The molecule has 0 spiro atoms. The lowest BCUT2D eigenvalue weighted by Crippen LogP contribution is -2.42. The standard InChI is InChI=1S/C16H24N2O2/c1-4-20-16(19)13-8-5-9-14(15(13)17)18-10-6-7-11(2)12(18)3/h5,8-9,11-12H,4,6-7,10,17H2,1-3H3. The quantitative estimate of drug-likeness (QED) is 0.681. The molecular formula is C16H24N2O2. The van der Waals surface area contributed by atoms with Crippen LogP contribution < -0.4 is 10.6 Å². The van der Waals surface area contributed by atoms with Gasteiger partial charge in [0.15, 0.2) is 0 Å². The maximum atomic E-state index is 11.9. The van der Waals surface area contributed by atoms with E-state index in [-0.39, 0.29) is 5.97 Å². The molecule has 4 nitrogen and oxygen atoms in total. The lowest BCUT2D eigenvalue weighted by molar-refractivity contribution is 0.0527. The summed E-state index contributed by atoms with van der Waals surface area (Å²) >= 11 is 0. The molecule has 1 aromatic carbocycles. The smallest absolute Gasteiger partial charge is 0.340 e. The number of benzene rings is 1. The third kappa shape index (κ3) is 2.74. The number of esters is 1. The fraction of sp³-hybridized carbons (Fsp3) is 0.562. The van der Waals surface area contributed by atoms with Crippen LogP contribution in [0.25, 0.3) is 0 Å². The molecule has 2 atom stereocenters. The molecule has 0 amide bonds. The molecule has 0 aliphatic carbocycles. The second-order valence-electron chi connectivity index (χ2n) is 5.51. The Morgan fingerprint density at radius 2 is 2.20 bits per heavy atom. The highest BCUT2D eigenvalue weighted by Gasteiger charge is 2.27. The number of ether oxygens (including phenoxy) is 1. The van der Waals surface area contributed by atoms with Gasteiger partial charge in [-0.1, -0.05) is 13.0 Å². The zero-order valence-corrected chi connectivity index (χ0v) is 12.6. The van der Waals surface area contributed by atoms with Gasteiger partial charge in [-0.3, -0.25) is 0 Å². The minimum Gasteiger partial charge on any atom is -0.462 e. The Bertz CT molecular complexity index is 487. The Balaban J connectivity index is 2.33. The van der Waals surface area contributed by atoms with Gasteiger partial charge in [-0.15, -0.1) is 0 Å². The summed E-state index contributed by atoms with van der Waals surface area (Å²) in [4.78, 5) is 14.2. The minimum absolute atomic E-state index is 0.343. The second kappa shape index (κ2) is 6.16. The topological polar surface area (TPSA) is 55.6 Å². The molecule has 0 radical (unpaired) electrons. The van der Waals surface area contributed by atoms with Crippen molar-refractivity contribution in [3.8, 4) is 0 Å². The summed E-state index contributed by atoms with van der Waals surface area (Å²) in [5.41, 5.74) is 8.17. The van der Waals surface area contributed by atoms with Crippen LogP contribution in [0.1, 0.15) is 44.0 Å². The number of piperidine rings is 1. The molecule has 20 heavy (non-hydrogen) atoms. The van der Waals surface area contributed by atoms with Crippen molar-refractivity contribution in [2.24, 2.45) is 5.92 Å². The van der Waals surface area contributed by atoms with Crippen LogP contribution in [0.15, 0.2) is 18.2 Å². The Hall–Kier alpha value is -1.71. The van der Waals surface area contributed by atoms with Crippen molar-refractivity contribution in [2.75, 3.05) is 23.8 Å². The highest BCUT2D eigenvalue weighted by Crippen LogP contribution is 2.34. The molecule has 1 aliphatic heterocycles. The normalized spacial score (nSPS) is 22.6. The summed E-state index contributed by atoms with van der Waals surface area (Å²) in [7, 11) is 0. The SMILES string of the molecule is CCOC(=O)c1cccc(N2CCCC(C)C2C)c1N. The molecule has 0 saturated carbocycles. The fourth-order valence-electron chi connectivity index (χ4n) is 2.87. The molecule has 0 bridgehead atoms. The number of carbonyl (C=O) groups is 1. The van der Waals surface area contributed by atoms with Crippen molar-refractivity contribution in [3.05, 3.63) is 23.8 Å². The van der Waals surface area contributed by atoms with Crippen LogP contribution in [0, 0.1) is 5.92 Å². The molecule has 1 saturated heterocycles. The van der Waals surface area contributed by atoms with Gasteiger partial charge in [-0.25, -0.2) is 4.79 Å². The number of para-hydroxylation sites is 1. The summed E-state index contributed by atoms with van der Waals surface area (Å²) in [6, 6.07) is 6.04. The van der Waals surface area contributed by atoms with E-state index in [0.29, 0.717) is 29.8 Å². The average Bonchev–Trinajstić information content (AvgIpc) is 2.43. The molecule has 2 rings (SSSR count). The van der Waals surface area contributed by atoms with Gasteiger partial charge in [-0.05, 0) is 44.7 Å². The van der Waals surface area contributed by atoms with Gasteiger partial charge >= 0.3 is 5.97 Å². The van der Waals surface area contributed by atoms with Crippen molar-refractivity contribution in [1.29, 1.82) is 0 Å². The number of carbonyl (C=O) groups excluding carboxylic acids is 1. The largest absolute Gasteiger partial charge is 0.462 e. The van der Waals surface area contributed by atoms with E-state index in [1.54, 1.807) is 13.0 Å². The molecule has 110 valence electrons. The fourth-order valence-corrected chi connectivity index (χ4v) is 2.87. The van der Waals surface area contributed by atoms with Crippen LogP contribution in [0.4, 0.5) is 11.4 Å². The molecule has 1 fully saturated rings. The number of nitrogens with two attached hydrogens (primary N) is 1. The Kier molecular flexibility index (Phi) is 4.53. The number of anilines is 2. The second-order valence-corrected chi connectivity index (χ2v) is 5.51. The number of rotatable bonds is 3. The van der Waals surface area contributed by atoms with Gasteiger partial charge in [0, 0.05) is 12.6 Å². The van der Waals surface area contributed by atoms with E-state index in [9.17, 15) is 4.79 Å². The zero-order valence-electron chi connectivity index (χ0n) is 12.6. The van der Waals surface area contributed by atoms with E-state index in [1.165, 1.54) is 6.42 Å². The summed E-state index contributed by atoms with van der Waals surface area (Å²) < 4.78 is 5.06. The predicted octanol–water partition coefficient (Wildman–Crippen LogP) is 3.07. The third-order valence-corrected chi connectivity index (χ3v) is 4.26. The first kappa shape index (κ1) is 14.7. The summed E-state index contributed by atoms with van der Waals surface area (Å²) in [6.45, 7) is 7.64. The Morgan fingerprint density at radius 3 is 2.90 bits per heavy atom. The average molecular weight is 276 g/mol. The summed E-state index contributed by atoms with van der Waals surface area (Å²) in [5, 5.41) is 0. The van der Waals surface area contributed by atoms with Crippen LogP contribution in [0.2, 0.25) is 0 Å². The van der Waals surface area contributed by atoms with Crippen LogP contribution in [-0.4, -0.2) is 25.2 Å². The van der Waals surface area contributed by atoms with Crippen molar-refractivity contribution in [1.82, 2.24) is 0 Å². The summed E-state index contributed by atoms with van der Waals surface area (Å²) in [6.07, 6.45) is 2.41. The maximum absolute atomic E-state index is 11.9. The Labute approximate surface area is 120 Å². The van der Waals surface area contributed by atoms with E-state index < -0.39 is 0 Å². The highest BCUT2D eigenvalue weighted by molar-refractivity contribution is 5.98. The molecule has 1 aromatic rings. The number of hydrogen-bond acceptors (Lipinski definition) is 4. The predicted molar refractivity (Wildman–Crippen MR) is 82.0 cm³/mol. The van der Waals surface area contributed by atoms with Gasteiger partial charge in [0.05, 0.1) is 23.5 Å². The van der Waals surface area contributed by atoms with Crippen molar-refractivity contribution >= 4 is 17.3 Å². The van der Waals surface area contributed by atoms with E-state index in [1.807, 2.05) is 12.1 Å². The minimum atomic E-state index is -0.343. The first-order valence-corrected chi connectivity index (χ1v) is 7.38. The Morgan fingerprint density at radius 1 is 1.45 bits per heavy atom. The van der Waals surface area contributed by atoms with E-state index in [4.69, 9.17) is 10.5 Å². The first-order chi connectivity index (χ1) is 9.56. The van der Waals surface area contributed by atoms with Crippen LogP contribution in [-0.2, 0) is 4.74 Å². The summed E-state index contributed by atoms with van der Waals surface area (Å²) in [5.74, 6) is 0.291. The van der Waals surface area contributed by atoms with Gasteiger partial charge in [0.1, 0.15) is 0 Å². The highest BCUT2D eigenvalue weighted by atomic mass is 16.5. The van der Waals surface area contributed by atoms with Gasteiger partial charge in [0.25, 0.3) is 0 Å². The van der Waals surface area contributed by atoms with E-state index >= 15 is 0 Å². The molecular weight excluding hydrogens is 252 g/mol.